The molecule has 0 bridgehead atoms. The van der Waals surface area contributed by atoms with Crippen molar-refractivity contribution in [2.24, 2.45) is 5.73 Å². The van der Waals surface area contributed by atoms with Crippen LogP contribution in [0.1, 0.15) is 62.6 Å². The molecule has 1 atom stereocenters. The first-order chi connectivity index (χ1) is 9.60. The molecule has 1 aromatic carbocycles. The van der Waals surface area contributed by atoms with Gasteiger partial charge in [-0.1, -0.05) is 56.9 Å². The van der Waals surface area contributed by atoms with E-state index in [4.69, 9.17) is 5.73 Å². The Bertz CT molecular complexity index is 417. The lowest BCUT2D eigenvalue weighted by molar-refractivity contribution is 0.0969. The molecular weight excluding hydrogens is 244 g/mol. The smallest absolute Gasteiger partial charge is 0.0482 e. The zero-order valence-electron chi connectivity index (χ0n) is 13.4. The molecule has 0 radical (unpaired) electrons. The monoisotopic (exact) mass is 274 g/mol. The highest BCUT2D eigenvalue weighted by molar-refractivity contribution is 5.28. The second-order valence-corrected chi connectivity index (χ2v) is 6.49. The first-order valence-corrected chi connectivity index (χ1v) is 8.12. The van der Waals surface area contributed by atoms with Gasteiger partial charge in [0.1, 0.15) is 0 Å². The van der Waals surface area contributed by atoms with Crippen LogP contribution < -0.4 is 5.73 Å². The molecule has 0 aliphatic heterocycles. The quantitative estimate of drug-likeness (QED) is 0.844. The van der Waals surface area contributed by atoms with Gasteiger partial charge in [0.05, 0.1) is 0 Å². The molecule has 2 rings (SSSR count). The fourth-order valence-corrected chi connectivity index (χ4v) is 3.69. The van der Waals surface area contributed by atoms with Gasteiger partial charge in [0, 0.05) is 11.6 Å². The van der Waals surface area contributed by atoms with Crippen molar-refractivity contribution < 1.29 is 0 Å². The fourth-order valence-electron chi connectivity index (χ4n) is 3.69. The average Bonchev–Trinajstić information content (AvgIpc) is 2.73. The first-order valence-electron chi connectivity index (χ1n) is 8.12. The van der Waals surface area contributed by atoms with Crippen LogP contribution in [-0.2, 0) is 6.42 Å². The van der Waals surface area contributed by atoms with Crippen molar-refractivity contribution in [3.8, 4) is 0 Å². The average molecular weight is 274 g/mol. The minimum absolute atomic E-state index is 0.113. The largest absolute Gasteiger partial charge is 0.322 e. The molecule has 2 N–H and O–H groups in total. The minimum Gasteiger partial charge on any atom is -0.322 e. The lowest BCUT2D eigenvalue weighted by Gasteiger charge is -2.44. The Hall–Kier alpha value is -0.860. The van der Waals surface area contributed by atoms with E-state index in [-0.39, 0.29) is 11.6 Å². The van der Waals surface area contributed by atoms with Gasteiger partial charge in [-0.05, 0) is 44.5 Å². The number of hydrogen-bond acceptors (Lipinski definition) is 2. The van der Waals surface area contributed by atoms with Gasteiger partial charge in [0.25, 0.3) is 0 Å². The van der Waals surface area contributed by atoms with E-state index in [0.717, 1.165) is 6.42 Å². The van der Waals surface area contributed by atoms with Crippen LogP contribution in [-0.4, -0.2) is 24.5 Å². The van der Waals surface area contributed by atoms with Crippen molar-refractivity contribution in [1.82, 2.24) is 4.90 Å². The minimum atomic E-state index is 0.113. The number of benzene rings is 1. The molecule has 1 aromatic rings. The van der Waals surface area contributed by atoms with Gasteiger partial charge in [-0.3, -0.25) is 0 Å². The van der Waals surface area contributed by atoms with E-state index in [1.165, 1.54) is 49.7 Å². The molecule has 1 fully saturated rings. The zero-order valence-corrected chi connectivity index (χ0v) is 13.4. The molecule has 20 heavy (non-hydrogen) atoms. The molecule has 0 heterocycles. The number of nitrogens with two attached hydrogens (primary N) is 1. The summed E-state index contributed by atoms with van der Waals surface area (Å²) >= 11 is 0. The summed E-state index contributed by atoms with van der Waals surface area (Å²) in [5, 5.41) is 0. The summed E-state index contributed by atoms with van der Waals surface area (Å²) in [4.78, 5) is 2.39. The molecule has 0 saturated heterocycles. The lowest BCUT2D eigenvalue weighted by atomic mass is 9.78. The Labute approximate surface area is 124 Å². The van der Waals surface area contributed by atoms with Crippen LogP contribution in [0.5, 0.6) is 0 Å². The maximum atomic E-state index is 6.76. The molecule has 2 nitrogen and oxygen atoms in total. The molecule has 0 aromatic heterocycles. The molecule has 1 saturated carbocycles. The molecule has 2 heteroatoms. The summed E-state index contributed by atoms with van der Waals surface area (Å²) in [6.45, 7) is 2.21. The van der Waals surface area contributed by atoms with Gasteiger partial charge in [0.15, 0.2) is 0 Å². The first kappa shape index (κ1) is 15.5. The van der Waals surface area contributed by atoms with E-state index < -0.39 is 0 Å². The zero-order chi connectivity index (χ0) is 14.6. The van der Waals surface area contributed by atoms with Crippen molar-refractivity contribution in [1.29, 1.82) is 0 Å². The van der Waals surface area contributed by atoms with Crippen LogP contribution in [0.4, 0.5) is 0 Å². The predicted octanol–water partition coefficient (Wildman–Crippen LogP) is 3.90. The van der Waals surface area contributed by atoms with Gasteiger partial charge in [-0.25, -0.2) is 0 Å². The van der Waals surface area contributed by atoms with Crippen molar-refractivity contribution >= 4 is 0 Å². The van der Waals surface area contributed by atoms with Gasteiger partial charge in [-0.15, -0.1) is 0 Å². The number of rotatable bonds is 4. The highest BCUT2D eigenvalue weighted by Gasteiger charge is 2.39. The summed E-state index contributed by atoms with van der Waals surface area (Å²) in [5.74, 6) is 0. The third kappa shape index (κ3) is 3.07. The van der Waals surface area contributed by atoms with Gasteiger partial charge >= 0.3 is 0 Å². The fraction of sp³-hybridized carbons (Fsp3) is 0.667. The number of hydrogen-bond donors (Lipinski definition) is 1. The van der Waals surface area contributed by atoms with E-state index in [0.29, 0.717) is 0 Å². The van der Waals surface area contributed by atoms with Crippen LogP contribution >= 0.6 is 0 Å². The van der Waals surface area contributed by atoms with Crippen LogP contribution in [0.25, 0.3) is 0 Å². The molecule has 1 aliphatic carbocycles. The van der Waals surface area contributed by atoms with Crippen molar-refractivity contribution in [3.63, 3.8) is 0 Å². The Kier molecular flexibility index (Phi) is 5.22. The second kappa shape index (κ2) is 6.73. The Morgan fingerprint density at radius 3 is 2.35 bits per heavy atom. The molecule has 0 amide bonds. The topological polar surface area (TPSA) is 29.3 Å². The number of aryl methyl sites for hydroxylation is 1. The molecule has 1 aliphatic rings. The third-order valence-corrected chi connectivity index (χ3v) is 5.16. The maximum Gasteiger partial charge on any atom is 0.0482 e. The van der Waals surface area contributed by atoms with Gasteiger partial charge in [0.2, 0.25) is 0 Å². The van der Waals surface area contributed by atoms with Crippen molar-refractivity contribution in [2.75, 3.05) is 14.1 Å². The normalized spacial score (nSPS) is 20.6. The SMILES string of the molecule is CCc1cccc(C(N)C2(N(C)C)CCCCCC2)c1. The van der Waals surface area contributed by atoms with Crippen LogP contribution in [0.2, 0.25) is 0 Å². The van der Waals surface area contributed by atoms with E-state index in [1.807, 2.05) is 0 Å². The molecular formula is C18H30N2. The van der Waals surface area contributed by atoms with Gasteiger partial charge < -0.3 is 10.6 Å². The Morgan fingerprint density at radius 1 is 1.15 bits per heavy atom. The van der Waals surface area contributed by atoms with Crippen molar-refractivity contribution in [3.05, 3.63) is 35.4 Å². The van der Waals surface area contributed by atoms with Crippen LogP contribution in [0.15, 0.2) is 24.3 Å². The predicted molar refractivity (Wildman–Crippen MR) is 86.9 cm³/mol. The summed E-state index contributed by atoms with van der Waals surface area (Å²) in [6.07, 6.45) is 8.85. The van der Waals surface area contributed by atoms with E-state index in [2.05, 4.69) is 50.2 Å². The molecule has 112 valence electrons. The van der Waals surface area contributed by atoms with E-state index >= 15 is 0 Å². The standard InChI is InChI=1S/C18H30N2/c1-4-15-10-9-11-16(14-15)17(19)18(20(2)3)12-7-5-6-8-13-18/h9-11,14,17H,4-8,12-13,19H2,1-3H3. The van der Waals surface area contributed by atoms with Crippen LogP contribution in [0.3, 0.4) is 0 Å². The maximum absolute atomic E-state index is 6.76. The Morgan fingerprint density at radius 2 is 1.80 bits per heavy atom. The van der Waals surface area contributed by atoms with Crippen LogP contribution in [0, 0.1) is 0 Å². The number of nitrogens with zero attached hydrogens (tertiary/aromatic N) is 1. The summed E-state index contributed by atoms with van der Waals surface area (Å²) in [7, 11) is 4.41. The summed E-state index contributed by atoms with van der Waals surface area (Å²) in [5.41, 5.74) is 9.58. The highest BCUT2D eigenvalue weighted by atomic mass is 15.2. The summed E-state index contributed by atoms with van der Waals surface area (Å²) in [6, 6.07) is 8.99. The number of likely N-dealkylation sites (N-methyl/N-ethyl adjacent to an activating group) is 1. The van der Waals surface area contributed by atoms with Crippen molar-refractivity contribution in [2.45, 2.75) is 63.5 Å². The van der Waals surface area contributed by atoms with E-state index in [9.17, 15) is 0 Å². The lowest BCUT2D eigenvalue weighted by Crippen LogP contribution is -2.52. The second-order valence-electron chi connectivity index (χ2n) is 6.49. The Balaban J connectivity index is 2.32. The molecule has 1 unspecified atom stereocenters. The summed E-state index contributed by atoms with van der Waals surface area (Å²) < 4.78 is 0. The highest BCUT2D eigenvalue weighted by Crippen LogP contribution is 2.39. The third-order valence-electron chi connectivity index (χ3n) is 5.16. The molecule has 0 spiro atoms. The van der Waals surface area contributed by atoms with E-state index in [1.54, 1.807) is 0 Å². The van der Waals surface area contributed by atoms with Gasteiger partial charge in [-0.2, -0.15) is 0 Å².